The molecule has 0 radical (unpaired) electrons. The molecule has 4 aromatic rings. The highest BCUT2D eigenvalue weighted by Gasteiger charge is 2.56. The van der Waals surface area contributed by atoms with Crippen LogP contribution < -0.4 is 4.90 Å². The van der Waals surface area contributed by atoms with E-state index < -0.39 is 23.6 Å². The lowest BCUT2D eigenvalue weighted by Gasteiger charge is -2.31. The first-order valence-electron chi connectivity index (χ1n) is 10.1. The second-order valence-corrected chi connectivity index (χ2v) is 7.99. The van der Waals surface area contributed by atoms with E-state index in [9.17, 15) is 4.79 Å². The van der Waals surface area contributed by atoms with E-state index in [0.29, 0.717) is 22.4 Å². The Morgan fingerprint density at radius 2 is 1.65 bits per heavy atom. The van der Waals surface area contributed by atoms with Gasteiger partial charge in [0.25, 0.3) is 5.89 Å². The van der Waals surface area contributed by atoms with Gasteiger partial charge in [0.1, 0.15) is 5.52 Å². The number of likely N-dealkylation sites (N-methyl/N-ethyl adjacent to an activating group) is 1. The maximum atomic E-state index is 15.7. The van der Waals surface area contributed by atoms with E-state index in [1.54, 1.807) is 55.6 Å². The number of carbonyl (C=O) groups is 1. The molecule has 1 amide bonds. The standard InChI is InChI=1S/C25H20F2N2O2/c1-29-20-13-7-5-11-18(20)24(23(29)30,15-17-9-3-2-4-10-17)16-25(26,27)22-28-19-12-6-8-14-21(19)31-22/h2-14H,15-16H2,1H3. The Hall–Kier alpha value is -3.54. The van der Waals surface area contributed by atoms with Crippen molar-refractivity contribution in [1.82, 2.24) is 4.98 Å². The second kappa shape index (κ2) is 7.01. The highest BCUT2D eigenvalue weighted by molar-refractivity contribution is 6.08. The van der Waals surface area contributed by atoms with Gasteiger partial charge in [0, 0.05) is 19.2 Å². The van der Waals surface area contributed by atoms with Crippen molar-refractivity contribution in [3.8, 4) is 0 Å². The topological polar surface area (TPSA) is 46.3 Å². The van der Waals surface area contributed by atoms with Gasteiger partial charge in [0.2, 0.25) is 5.91 Å². The first-order chi connectivity index (χ1) is 14.9. The predicted octanol–water partition coefficient (Wildman–Crippen LogP) is 5.47. The Labute approximate surface area is 178 Å². The minimum absolute atomic E-state index is 0.157. The van der Waals surface area contributed by atoms with Gasteiger partial charge in [-0.1, -0.05) is 60.7 Å². The fraction of sp³-hybridized carbons (Fsp3) is 0.200. The van der Waals surface area contributed by atoms with Gasteiger partial charge in [-0.25, -0.2) is 4.98 Å². The summed E-state index contributed by atoms with van der Waals surface area (Å²) < 4.78 is 36.7. The molecule has 1 unspecified atom stereocenters. The number of aromatic nitrogens is 1. The highest BCUT2D eigenvalue weighted by Crippen LogP contribution is 2.51. The number of nitrogens with zero attached hydrogens (tertiary/aromatic N) is 2. The first kappa shape index (κ1) is 19.4. The van der Waals surface area contributed by atoms with Crippen LogP contribution in [-0.4, -0.2) is 17.9 Å². The van der Waals surface area contributed by atoms with Crippen LogP contribution in [0.15, 0.2) is 83.3 Å². The summed E-state index contributed by atoms with van der Waals surface area (Å²) in [6.45, 7) is 0. The molecule has 2 heterocycles. The van der Waals surface area contributed by atoms with Gasteiger partial charge in [-0.3, -0.25) is 4.79 Å². The van der Waals surface area contributed by atoms with Crippen molar-refractivity contribution in [2.45, 2.75) is 24.2 Å². The monoisotopic (exact) mass is 418 g/mol. The maximum Gasteiger partial charge on any atom is 0.323 e. The lowest BCUT2D eigenvalue weighted by atomic mass is 9.72. The zero-order valence-corrected chi connectivity index (χ0v) is 16.9. The van der Waals surface area contributed by atoms with Crippen LogP contribution in [-0.2, 0) is 22.6 Å². The van der Waals surface area contributed by atoms with Crippen molar-refractivity contribution in [2.24, 2.45) is 0 Å². The van der Waals surface area contributed by atoms with Crippen LogP contribution >= 0.6 is 0 Å². The third-order valence-electron chi connectivity index (χ3n) is 5.97. The Balaban J connectivity index is 1.64. The van der Waals surface area contributed by atoms with Crippen LogP contribution in [0.5, 0.6) is 0 Å². The van der Waals surface area contributed by atoms with E-state index in [-0.39, 0.29) is 12.3 Å². The van der Waals surface area contributed by atoms with Crippen molar-refractivity contribution in [1.29, 1.82) is 0 Å². The number of alkyl halides is 2. The molecule has 3 aromatic carbocycles. The molecule has 1 aliphatic rings. The molecule has 0 aliphatic carbocycles. The van der Waals surface area contributed by atoms with Crippen LogP contribution in [0, 0.1) is 0 Å². The number of oxazole rings is 1. The van der Waals surface area contributed by atoms with Crippen molar-refractivity contribution in [2.75, 3.05) is 11.9 Å². The summed E-state index contributed by atoms with van der Waals surface area (Å²) in [7, 11) is 1.63. The predicted molar refractivity (Wildman–Crippen MR) is 114 cm³/mol. The van der Waals surface area contributed by atoms with E-state index in [2.05, 4.69) is 4.98 Å². The van der Waals surface area contributed by atoms with Crippen molar-refractivity contribution < 1.29 is 18.0 Å². The highest BCUT2D eigenvalue weighted by atomic mass is 19.3. The SMILES string of the molecule is CN1C(=O)C(Cc2ccccc2)(CC(F)(F)c2nc3ccccc3o2)c2ccccc21. The van der Waals surface area contributed by atoms with Crippen LogP contribution in [0.4, 0.5) is 14.5 Å². The van der Waals surface area contributed by atoms with Crippen LogP contribution in [0.3, 0.4) is 0 Å². The van der Waals surface area contributed by atoms with Gasteiger partial charge in [-0.2, -0.15) is 8.78 Å². The molecule has 1 aromatic heterocycles. The Bertz CT molecular complexity index is 1240. The number of fused-ring (bicyclic) bond motifs is 2. The van der Waals surface area contributed by atoms with Gasteiger partial charge < -0.3 is 9.32 Å². The molecule has 0 spiro atoms. The number of halogens is 2. The molecule has 5 rings (SSSR count). The summed E-state index contributed by atoms with van der Waals surface area (Å²) in [5, 5.41) is 0. The lowest BCUT2D eigenvalue weighted by Crippen LogP contribution is -2.44. The molecule has 0 fully saturated rings. The molecule has 156 valence electrons. The molecular formula is C25H20F2N2O2. The number of carbonyl (C=O) groups excluding carboxylic acids is 1. The van der Waals surface area contributed by atoms with E-state index in [4.69, 9.17) is 4.42 Å². The zero-order chi connectivity index (χ0) is 21.6. The van der Waals surface area contributed by atoms with E-state index in [1.807, 2.05) is 30.3 Å². The summed E-state index contributed by atoms with van der Waals surface area (Å²) in [4.78, 5) is 19.0. The van der Waals surface area contributed by atoms with E-state index in [0.717, 1.165) is 5.56 Å². The van der Waals surface area contributed by atoms with Gasteiger partial charge in [-0.15, -0.1) is 0 Å². The molecule has 4 nitrogen and oxygen atoms in total. The third kappa shape index (κ3) is 3.10. The van der Waals surface area contributed by atoms with E-state index >= 15 is 8.78 Å². The average Bonchev–Trinajstić information content (AvgIpc) is 3.30. The number of para-hydroxylation sites is 3. The lowest BCUT2D eigenvalue weighted by molar-refractivity contribution is -0.129. The minimum Gasteiger partial charge on any atom is -0.435 e. The third-order valence-corrected chi connectivity index (χ3v) is 5.97. The normalized spacial score (nSPS) is 18.5. The Kier molecular flexibility index (Phi) is 4.39. The second-order valence-electron chi connectivity index (χ2n) is 7.99. The molecule has 6 heteroatoms. The molecule has 0 saturated carbocycles. The molecular weight excluding hydrogens is 398 g/mol. The van der Waals surface area contributed by atoms with Crippen LogP contribution in [0.1, 0.15) is 23.4 Å². The van der Waals surface area contributed by atoms with Gasteiger partial charge in [0.05, 0.1) is 5.41 Å². The summed E-state index contributed by atoms with van der Waals surface area (Å²) in [5.74, 6) is -4.46. The summed E-state index contributed by atoms with van der Waals surface area (Å²) in [6, 6.07) is 23.1. The molecule has 1 aliphatic heterocycles. The maximum absolute atomic E-state index is 15.7. The number of anilines is 1. The van der Waals surface area contributed by atoms with Crippen molar-refractivity contribution >= 4 is 22.7 Å². The summed E-state index contributed by atoms with van der Waals surface area (Å²) in [6.07, 6.45) is -0.578. The molecule has 0 bridgehead atoms. The van der Waals surface area contributed by atoms with Crippen molar-refractivity contribution in [3.05, 3.63) is 95.9 Å². The largest absolute Gasteiger partial charge is 0.435 e. The first-order valence-corrected chi connectivity index (χ1v) is 10.1. The number of rotatable bonds is 5. The molecule has 0 N–H and O–H groups in total. The fourth-order valence-electron chi connectivity index (χ4n) is 4.55. The van der Waals surface area contributed by atoms with E-state index in [1.165, 1.54) is 4.90 Å². The summed E-state index contributed by atoms with van der Waals surface area (Å²) in [5.41, 5.74) is 1.29. The van der Waals surface area contributed by atoms with Gasteiger partial charge in [-0.05, 0) is 35.7 Å². The summed E-state index contributed by atoms with van der Waals surface area (Å²) >= 11 is 0. The molecule has 31 heavy (non-hydrogen) atoms. The number of hydrogen-bond donors (Lipinski definition) is 0. The Morgan fingerprint density at radius 1 is 0.968 bits per heavy atom. The van der Waals surface area contributed by atoms with Crippen LogP contribution in [0.25, 0.3) is 11.1 Å². The number of amides is 1. The average molecular weight is 418 g/mol. The fourth-order valence-corrected chi connectivity index (χ4v) is 4.55. The number of benzene rings is 3. The molecule has 1 atom stereocenters. The Morgan fingerprint density at radius 3 is 2.42 bits per heavy atom. The molecule has 0 saturated heterocycles. The quantitative estimate of drug-likeness (QED) is 0.432. The smallest absolute Gasteiger partial charge is 0.323 e. The minimum atomic E-state index is -3.44. The van der Waals surface area contributed by atoms with Gasteiger partial charge in [0.15, 0.2) is 5.58 Å². The van der Waals surface area contributed by atoms with Crippen LogP contribution in [0.2, 0.25) is 0 Å². The van der Waals surface area contributed by atoms with Crippen molar-refractivity contribution in [3.63, 3.8) is 0 Å². The number of hydrogen-bond acceptors (Lipinski definition) is 3. The zero-order valence-electron chi connectivity index (χ0n) is 16.9. The van der Waals surface area contributed by atoms with Gasteiger partial charge >= 0.3 is 5.92 Å².